The number of aliphatic hydroxyl groups is 1. The fraction of sp³-hybridized carbons (Fsp3) is 0.462. The van der Waals surface area contributed by atoms with Crippen molar-refractivity contribution in [1.29, 1.82) is 0 Å². The summed E-state index contributed by atoms with van der Waals surface area (Å²) in [6, 6.07) is 2.49. The maximum atomic E-state index is 13.3. The number of hydrogen-bond acceptors (Lipinski definition) is 4. The summed E-state index contributed by atoms with van der Waals surface area (Å²) in [5.41, 5.74) is -1.04. The molecule has 0 aromatic heterocycles. The summed E-state index contributed by atoms with van der Waals surface area (Å²) >= 11 is 0. The first-order valence-electron chi connectivity index (χ1n) is 6.15. The minimum absolute atomic E-state index is 0.103. The quantitative estimate of drug-likeness (QED) is 0.651. The number of nitrogens with one attached hydrogen (secondary N) is 1. The highest BCUT2D eigenvalue weighted by Gasteiger charge is 2.48. The van der Waals surface area contributed by atoms with Crippen molar-refractivity contribution in [2.75, 3.05) is 0 Å². The first-order chi connectivity index (χ1) is 9.21. The van der Waals surface area contributed by atoms with E-state index >= 15 is 0 Å². The molecule has 20 heavy (non-hydrogen) atoms. The van der Waals surface area contributed by atoms with Gasteiger partial charge in [0.2, 0.25) is 0 Å². The standard InChI is InChI=1S/C13H15FN2O4/c1-13(2)10(6-11(13)17)15-12(18)7-3-8(14)5-9(4-7)16(19)20/h3-5,10-11,17H,6H2,1-2H3,(H,15,18). The normalized spacial score (nSPS) is 23.8. The Morgan fingerprint density at radius 1 is 1.50 bits per heavy atom. The van der Waals surface area contributed by atoms with Gasteiger partial charge in [-0.25, -0.2) is 4.39 Å². The van der Waals surface area contributed by atoms with E-state index in [9.17, 15) is 24.4 Å². The molecule has 1 aromatic carbocycles. The number of carbonyl (C=O) groups excluding carboxylic acids is 1. The maximum Gasteiger partial charge on any atom is 0.273 e. The number of benzene rings is 1. The van der Waals surface area contributed by atoms with Gasteiger partial charge in [0.1, 0.15) is 5.82 Å². The van der Waals surface area contributed by atoms with Gasteiger partial charge in [-0.1, -0.05) is 13.8 Å². The Labute approximate surface area is 114 Å². The number of carbonyl (C=O) groups is 1. The lowest BCUT2D eigenvalue weighted by Crippen LogP contribution is -2.61. The van der Waals surface area contributed by atoms with Crippen molar-refractivity contribution in [1.82, 2.24) is 5.32 Å². The van der Waals surface area contributed by atoms with E-state index in [0.29, 0.717) is 6.42 Å². The molecule has 1 aliphatic carbocycles. The summed E-state index contributed by atoms with van der Waals surface area (Å²) in [6.07, 6.45) is -0.0921. The van der Waals surface area contributed by atoms with E-state index in [1.807, 2.05) is 0 Å². The van der Waals surface area contributed by atoms with Crippen LogP contribution in [0.15, 0.2) is 18.2 Å². The van der Waals surface area contributed by atoms with Crippen LogP contribution in [0.1, 0.15) is 30.6 Å². The minimum Gasteiger partial charge on any atom is -0.392 e. The Balaban J connectivity index is 2.16. The van der Waals surface area contributed by atoms with Crippen molar-refractivity contribution >= 4 is 11.6 Å². The molecule has 0 saturated heterocycles. The van der Waals surface area contributed by atoms with Gasteiger partial charge in [0.15, 0.2) is 0 Å². The zero-order valence-electron chi connectivity index (χ0n) is 11.1. The fourth-order valence-electron chi connectivity index (χ4n) is 2.20. The molecule has 108 valence electrons. The third kappa shape index (κ3) is 2.49. The molecule has 0 bridgehead atoms. The van der Waals surface area contributed by atoms with Gasteiger partial charge >= 0.3 is 0 Å². The lowest BCUT2D eigenvalue weighted by molar-refractivity contribution is -0.385. The SMILES string of the molecule is CC1(C)C(O)CC1NC(=O)c1cc(F)cc([N+](=O)[O-])c1. The van der Waals surface area contributed by atoms with E-state index < -0.39 is 33.9 Å². The van der Waals surface area contributed by atoms with Crippen LogP contribution >= 0.6 is 0 Å². The lowest BCUT2D eigenvalue weighted by Gasteiger charge is -2.49. The molecule has 0 spiro atoms. The van der Waals surface area contributed by atoms with Crippen molar-refractivity contribution in [2.45, 2.75) is 32.4 Å². The molecule has 1 amide bonds. The Morgan fingerprint density at radius 3 is 2.65 bits per heavy atom. The van der Waals surface area contributed by atoms with E-state index in [1.54, 1.807) is 13.8 Å². The van der Waals surface area contributed by atoms with Crippen molar-refractivity contribution in [2.24, 2.45) is 5.41 Å². The highest BCUT2D eigenvalue weighted by Crippen LogP contribution is 2.40. The second kappa shape index (κ2) is 4.82. The van der Waals surface area contributed by atoms with Crippen molar-refractivity contribution in [3.8, 4) is 0 Å². The molecule has 1 saturated carbocycles. The highest BCUT2D eigenvalue weighted by molar-refractivity contribution is 5.95. The molecular formula is C13H15FN2O4. The van der Waals surface area contributed by atoms with Crippen LogP contribution in [0.2, 0.25) is 0 Å². The summed E-state index contributed by atoms with van der Waals surface area (Å²) in [6.45, 7) is 3.61. The predicted octanol–water partition coefficient (Wildman–Crippen LogP) is 1.62. The number of rotatable bonds is 3. The van der Waals surface area contributed by atoms with E-state index in [0.717, 1.165) is 18.2 Å². The highest BCUT2D eigenvalue weighted by atomic mass is 19.1. The van der Waals surface area contributed by atoms with E-state index in [-0.39, 0.29) is 11.6 Å². The summed E-state index contributed by atoms with van der Waals surface area (Å²) in [7, 11) is 0. The van der Waals surface area contributed by atoms with E-state index in [4.69, 9.17) is 0 Å². The van der Waals surface area contributed by atoms with Crippen LogP contribution < -0.4 is 5.32 Å². The van der Waals surface area contributed by atoms with Gasteiger partial charge in [0.05, 0.1) is 17.1 Å². The van der Waals surface area contributed by atoms with Crippen LogP contribution in [-0.2, 0) is 0 Å². The van der Waals surface area contributed by atoms with Gasteiger partial charge in [-0.05, 0) is 12.5 Å². The topological polar surface area (TPSA) is 92.5 Å². The van der Waals surface area contributed by atoms with Crippen LogP contribution in [0.3, 0.4) is 0 Å². The molecule has 1 aliphatic rings. The van der Waals surface area contributed by atoms with Crippen LogP contribution in [0.5, 0.6) is 0 Å². The first-order valence-corrected chi connectivity index (χ1v) is 6.15. The largest absolute Gasteiger partial charge is 0.392 e. The molecule has 0 heterocycles. The van der Waals surface area contributed by atoms with Crippen LogP contribution in [0.4, 0.5) is 10.1 Å². The molecule has 2 rings (SSSR count). The molecule has 1 aromatic rings. The number of nitrogens with zero attached hydrogens (tertiary/aromatic N) is 1. The number of hydrogen-bond donors (Lipinski definition) is 2. The summed E-state index contributed by atoms with van der Waals surface area (Å²) in [5.74, 6) is -1.42. The van der Waals surface area contributed by atoms with Gasteiger partial charge in [-0.15, -0.1) is 0 Å². The third-order valence-electron chi connectivity index (χ3n) is 3.88. The molecular weight excluding hydrogens is 267 g/mol. The monoisotopic (exact) mass is 282 g/mol. The Kier molecular flexibility index (Phi) is 3.47. The zero-order chi connectivity index (χ0) is 15.1. The summed E-state index contributed by atoms with van der Waals surface area (Å²) in [5, 5.41) is 22.9. The van der Waals surface area contributed by atoms with Gasteiger partial charge in [-0.3, -0.25) is 14.9 Å². The predicted molar refractivity (Wildman–Crippen MR) is 68.7 cm³/mol. The van der Waals surface area contributed by atoms with Crippen LogP contribution in [-0.4, -0.2) is 28.1 Å². The van der Waals surface area contributed by atoms with Crippen LogP contribution in [0, 0.1) is 21.3 Å². The van der Waals surface area contributed by atoms with Crippen molar-refractivity contribution in [3.05, 3.63) is 39.7 Å². The summed E-state index contributed by atoms with van der Waals surface area (Å²) in [4.78, 5) is 21.9. The number of amides is 1. The average molecular weight is 282 g/mol. The maximum absolute atomic E-state index is 13.3. The molecule has 2 atom stereocenters. The van der Waals surface area contributed by atoms with E-state index in [1.165, 1.54) is 0 Å². The number of halogens is 1. The number of nitro groups is 1. The van der Waals surface area contributed by atoms with Crippen molar-refractivity contribution in [3.63, 3.8) is 0 Å². The molecule has 0 aliphatic heterocycles. The summed E-state index contributed by atoms with van der Waals surface area (Å²) < 4.78 is 13.3. The third-order valence-corrected chi connectivity index (χ3v) is 3.88. The van der Waals surface area contributed by atoms with Crippen LogP contribution in [0.25, 0.3) is 0 Å². The second-order valence-electron chi connectivity index (χ2n) is 5.55. The molecule has 0 radical (unpaired) electrons. The minimum atomic E-state index is -0.836. The second-order valence-corrected chi connectivity index (χ2v) is 5.55. The number of non-ortho nitro benzene ring substituents is 1. The average Bonchev–Trinajstić information content (AvgIpc) is 2.37. The molecule has 7 heteroatoms. The Hall–Kier alpha value is -2.02. The number of aliphatic hydroxyl groups excluding tert-OH is 1. The first kappa shape index (κ1) is 14.4. The van der Waals surface area contributed by atoms with Gasteiger partial charge in [-0.2, -0.15) is 0 Å². The number of nitro benzene ring substituents is 1. The molecule has 2 unspecified atom stereocenters. The molecule has 1 fully saturated rings. The van der Waals surface area contributed by atoms with Crippen molar-refractivity contribution < 1.29 is 19.2 Å². The molecule has 2 N–H and O–H groups in total. The lowest BCUT2D eigenvalue weighted by atomic mass is 9.64. The Morgan fingerprint density at radius 2 is 2.15 bits per heavy atom. The Bertz CT molecular complexity index is 573. The smallest absolute Gasteiger partial charge is 0.273 e. The van der Waals surface area contributed by atoms with Gasteiger partial charge < -0.3 is 10.4 Å². The zero-order valence-corrected chi connectivity index (χ0v) is 11.1. The van der Waals surface area contributed by atoms with Gasteiger partial charge in [0, 0.05) is 23.1 Å². The molecule has 6 nitrogen and oxygen atoms in total. The fourth-order valence-corrected chi connectivity index (χ4v) is 2.20. The van der Waals surface area contributed by atoms with E-state index in [2.05, 4.69) is 5.32 Å². The van der Waals surface area contributed by atoms with Gasteiger partial charge in [0.25, 0.3) is 11.6 Å².